The molecule has 6 nitrogen and oxygen atoms in total. The monoisotopic (exact) mass is 284 g/mol. The molecule has 1 N–H and O–H groups in total. The van der Waals surface area contributed by atoms with Gasteiger partial charge in [0.25, 0.3) is 0 Å². The summed E-state index contributed by atoms with van der Waals surface area (Å²) in [5.41, 5.74) is 0. The molecule has 6 heteroatoms. The molecule has 114 valence electrons. The van der Waals surface area contributed by atoms with Crippen molar-refractivity contribution in [2.24, 2.45) is 0 Å². The molecule has 0 radical (unpaired) electrons. The van der Waals surface area contributed by atoms with Gasteiger partial charge in [-0.15, -0.1) is 0 Å². The maximum absolute atomic E-state index is 12.0. The van der Waals surface area contributed by atoms with E-state index >= 15 is 0 Å². The molecule has 0 aliphatic heterocycles. The van der Waals surface area contributed by atoms with E-state index in [2.05, 4.69) is 0 Å². The average molecular weight is 284 g/mol. The zero-order valence-corrected chi connectivity index (χ0v) is 12.3. The van der Waals surface area contributed by atoms with Gasteiger partial charge in [-0.05, 0) is 33.1 Å². The fourth-order valence-corrected chi connectivity index (χ4v) is 2.22. The Bertz CT molecular complexity index is 362. The number of amides is 2. The standard InChI is InChI=1S/C14H24N2O4/c1-3-15(4-2)12(17)6-5-7-13(18)16(10-14(19)20)11-8-9-11/h11H,3-10H2,1-2H3,(H,19,20). The summed E-state index contributed by atoms with van der Waals surface area (Å²) in [6.45, 7) is 4.98. The van der Waals surface area contributed by atoms with Crippen LogP contribution in [0.15, 0.2) is 0 Å². The number of nitrogens with zero attached hydrogens (tertiary/aromatic N) is 2. The molecule has 1 aliphatic carbocycles. The molecule has 2 amide bonds. The molecular weight excluding hydrogens is 260 g/mol. The van der Waals surface area contributed by atoms with Crippen molar-refractivity contribution < 1.29 is 19.5 Å². The van der Waals surface area contributed by atoms with Crippen LogP contribution in [0.25, 0.3) is 0 Å². The third kappa shape index (κ3) is 5.19. The van der Waals surface area contributed by atoms with Gasteiger partial charge in [-0.1, -0.05) is 0 Å². The first-order valence-electron chi connectivity index (χ1n) is 7.28. The summed E-state index contributed by atoms with van der Waals surface area (Å²) in [5, 5.41) is 8.81. The van der Waals surface area contributed by atoms with Crippen molar-refractivity contribution in [3.8, 4) is 0 Å². The van der Waals surface area contributed by atoms with Crippen LogP contribution in [0.5, 0.6) is 0 Å². The summed E-state index contributed by atoms with van der Waals surface area (Å²) in [4.78, 5) is 37.7. The maximum Gasteiger partial charge on any atom is 0.323 e. The number of carbonyl (C=O) groups excluding carboxylic acids is 2. The average Bonchev–Trinajstić information content (AvgIpc) is 3.21. The number of carbonyl (C=O) groups is 3. The van der Waals surface area contributed by atoms with Crippen LogP contribution < -0.4 is 0 Å². The Balaban J connectivity index is 2.34. The second-order valence-electron chi connectivity index (χ2n) is 5.07. The highest BCUT2D eigenvalue weighted by Gasteiger charge is 2.33. The minimum absolute atomic E-state index is 0.0546. The fourth-order valence-electron chi connectivity index (χ4n) is 2.22. The number of carboxylic acids is 1. The van der Waals surface area contributed by atoms with Gasteiger partial charge < -0.3 is 14.9 Å². The van der Waals surface area contributed by atoms with E-state index in [9.17, 15) is 14.4 Å². The van der Waals surface area contributed by atoms with Crippen LogP contribution in [0, 0.1) is 0 Å². The molecule has 0 bridgehead atoms. The summed E-state index contributed by atoms with van der Waals surface area (Å²) in [5.74, 6) is -1.08. The van der Waals surface area contributed by atoms with Gasteiger partial charge in [0.2, 0.25) is 11.8 Å². The van der Waals surface area contributed by atoms with Crippen LogP contribution in [-0.4, -0.2) is 58.4 Å². The summed E-state index contributed by atoms with van der Waals surface area (Å²) >= 11 is 0. The van der Waals surface area contributed by atoms with Gasteiger partial charge in [0.05, 0.1) is 0 Å². The summed E-state index contributed by atoms with van der Waals surface area (Å²) < 4.78 is 0. The first-order valence-corrected chi connectivity index (χ1v) is 7.28. The van der Waals surface area contributed by atoms with Crippen LogP contribution >= 0.6 is 0 Å². The van der Waals surface area contributed by atoms with E-state index in [1.807, 2.05) is 13.8 Å². The molecule has 1 rings (SSSR count). The van der Waals surface area contributed by atoms with Crippen LogP contribution in [0.2, 0.25) is 0 Å². The zero-order chi connectivity index (χ0) is 15.1. The second kappa shape index (κ2) is 7.87. The van der Waals surface area contributed by atoms with E-state index in [0.717, 1.165) is 12.8 Å². The molecule has 1 saturated carbocycles. The second-order valence-corrected chi connectivity index (χ2v) is 5.07. The fraction of sp³-hybridized carbons (Fsp3) is 0.786. The van der Waals surface area contributed by atoms with Gasteiger partial charge >= 0.3 is 5.97 Å². The molecular formula is C14H24N2O4. The third-order valence-electron chi connectivity index (χ3n) is 3.51. The van der Waals surface area contributed by atoms with Crippen LogP contribution in [0.4, 0.5) is 0 Å². The Labute approximate surface area is 119 Å². The lowest BCUT2D eigenvalue weighted by molar-refractivity contribution is -0.145. The highest BCUT2D eigenvalue weighted by atomic mass is 16.4. The van der Waals surface area contributed by atoms with Crippen molar-refractivity contribution in [1.29, 1.82) is 0 Å². The molecule has 0 aromatic rings. The largest absolute Gasteiger partial charge is 0.480 e. The van der Waals surface area contributed by atoms with Gasteiger partial charge in [-0.3, -0.25) is 14.4 Å². The van der Waals surface area contributed by atoms with Gasteiger partial charge in [0.15, 0.2) is 0 Å². The van der Waals surface area contributed by atoms with Crippen molar-refractivity contribution >= 4 is 17.8 Å². The Hall–Kier alpha value is -1.59. The molecule has 0 unspecified atom stereocenters. The number of carboxylic acid groups (broad SMARTS) is 1. The number of rotatable bonds is 9. The number of hydrogen-bond acceptors (Lipinski definition) is 3. The molecule has 0 atom stereocenters. The summed E-state index contributed by atoms with van der Waals surface area (Å²) in [6.07, 6.45) is 2.85. The van der Waals surface area contributed by atoms with Crippen LogP contribution in [0.1, 0.15) is 46.0 Å². The predicted octanol–water partition coefficient (Wildman–Crippen LogP) is 1.10. The van der Waals surface area contributed by atoms with E-state index in [-0.39, 0.29) is 30.8 Å². The number of hydrogen-bond donors (Lipinski definition) is 1. The van der Waals surface area contributed by atoms with Gasteiger partial charge in [0, 0.05) is 32.0 Å². The molecule has 0 spiro atoms. The van der Waals surface area contributed by atoms with Gasteiger partial charge in [-0.25, -0.2) is 0 Å². The molecule has 0 saturated heterocycles. The normalized spacial score (nSPS) is 13.9. The van der Waals surface area contributed by atoms with Crippen LogP contribution in [0.3, 0.4) is 0 Å². The van der Waals surface area contributed by atoms with Gasteiger partial charge in [-0.2, -0.15) is 0 Å². The van der Waals surface area contributed by atoms with Crippen molar-refractivity contribution in [2.75, 3.05) is 19.6 Å². The molecule has 0 aromatic heterocycles. The Morgan fingerprint density at radius 1 is 1.05 bits per heavy atom. The minimum Gasteiger partial charge on any atom is -0.480 e. The minimum atomic E-state index is -0.982. The van der Waals surface area contributed by atoms with E-state index < -0.39 is 5.97 Å². The molecule has 20 heavy (non-hydrogen) atoms. The summed E-state index contributed by atoms with van der Waals surface area (Å²) in [6, 6.07) is 0.0945. The lowest BCUT2D eigenvalue weighted by Gasteiger charge is -2.21. The highest BCUT2D eigenvalue weighted by Crippen LogP contribution is 2.27. The Kier molecular flexibility index (Phi) is 6.48. The smallest absolute Gasteiger partial charge is 0.323 e. The van der Waals surface area contributed by atoms with E-state index in [4.69, 9.17) is 5.11 Å². The predicted molar refractivity (Wildman–Crippen MR) is 74.1 cm³/mol. The lowest BCUT2D eigenvalue weighted by Crippen LogP contribution is -2.37. The number of aliphatic carboxylic acids is 1. The van der Waals surface area contributed by atoms with Gasteiger partial charge in [0.1, 0.15) is 6.54 Å². The highest BCUT2D eigenvalue weighted by molar-refractivity contribution is 5.82. The van der Waals surface area contributed by atoms with Crippen molar-refractivity contribution in [3.05, 3.63) is 0 Å². The van der Waals surface area contributed by atoms with E-state index in [0.29, 0.717) is 25.9 Å². The third-order valence-corrected chi connectivity index (χ3v) is 3.51. The van der Waals surface area contributed by atoms with Crippen LogP contribution in [-0.2, 0) is 14.4 Å². The van der Waals surface area contributed by atoms with E-state index in [1.165, 1.54) is 4.90 Å². The van der Waals surface area contributed by atoms with Crippen molar-refractivity contribution in [3.63, 3.8) is 0 Å². The maximum atomic E-state index is 12.0. The molecule has 1 fully saturated rings. The topological polar surface area (TPSA) is 77.9 Å². The molecule has 0 heterocycles. The lowest BCUT2D eigenvalue weighted by atomic mass is 10.2. The van der Waals surface area contributed by atoms with Crippen molar-refractivity contribution in [1.82, 2.24) is 9.80 Å². The van der Waals surface area contributed by atoms with E-state index in [1.54, 1.807) is 4.90 Å². The molecule has 1 aliphatic rings. The zero-order valence-electron chi connectivity index (χ0n) is 12.3. The first-order chi connectivity index (χ1) is 9.49. The Morgan fingerprint density at radius 2 is 1.60 bits per heavy atom. The quantitative estimate of drug-likeness (QED) is 0.688. The summed E-state index contributed by atoms with van der Waals surface area (Å²) in [7, 11) is 0. The van der Waals surface area contributed by atoms with Crippen molar-refractivity contribution in [2.45, 2.75) is 52.0 Å². The Morgan fingerprint density at radius 3 is 2.05 bits per heavy atom. The SMILES string of the molecule is CCN(CC)C(=O)CCCC(=O)N(CC(=O)O)C1CC1. The molecule has 0 aromatic carbocycles. The first kappa shape index (κ1) is 16.5.